The van der Waals surface area contributed by atoms with Crippen LogP contribution in [0.25, 0.3) is 27.3 Å². The number of pyridine rings is 1. The number of ether oxygens (including phenoxy) is 1. The Balaban J connectivity index is 1.66. The molecule has 1 aromatic carbocycles. The van der Waals surface area contributed by atoms with Crippen LogP contribution in [0.4, 0.5) is 0 Å². The highest BCUT2D eigenvalue weighted by atomic mass is 35.6. The van der Waals surface area contributed by atoms with Gasteiger partial charge in [0.25, 0.3) is 5.91 Å². The van der Waals surface area contributed by atoms with E-state index in [-0.39, 0.29) is 19.5 Å². The molecule has 1 aliphatic heterocycles. The van der Waals surface area contributed by atoms with Crippen molar-refractivity contribution in [2.24, 2.45) is 10.5 Å². The summed E-state index contributed by atoms with van der Waals surface area (Å²) in [6.45, 7) is 6.19. The molecule has 1 unspecified atom stereocenters. The molecule has 4 atom stereocenters. The fraction of sp³-hybridized carbons (Fsp3) is 0.516. The molecule has 3 rings (SSSR count). The van der Waals surface area contributed by atoms with Crippen LogP contribution in [0.1, 0.15) is 64.3 Å². The number of fused-ring (bicyclic) bond motifs is 1. The van der Waals surface area contributed by atoms with Crippen LogP contribution in [0, 0.1) is 5.41 Å². The number of nitrogens with one attached hydrogen (secondary N) is 3. The Morgan fingerprint density at radius 1 is 1.21 bits per heavy atom. The number of aromatic nitrogens is 1. The van der Waals surface area contributed by atoms with Crippen LogP contribution in [-0.2, 0) is 23.9 Å². The molecule has 2 aromatic rings. The maximum Gasteiger partial charge on any atom is 0.325 e. The van der Waals surface area contributed by atoms with Crippen molar-refractivity contribution in [2.45, 2.75) is 75.0 Å². The van der Waals surface area contributed by atoms with Crippen LogP contribution in [0.3, 0.4) is 0 Å². The third kappa shape index (κ3) is 11.5. The van der Waals surface area contributed by atoms with Crippen LogP contribution in [0.5, 0.6) is 0 Å². The first-order valence-electron chi connectivity index (χ1n) is 15.2. The predicted molar refractivity (Wildman–Crippen MR) is 182 cm³/mol. The smallest absolute Gasteiger partial charge is 0.325 e. The number of hydrogen-bond acceptors (Lipinski definition) is 9. The number of rotatable bonds is 13. The normalized spacial score (nSPS) is 17.2. The van der Waals surface area contributed by atoms with Crippen molar-refractivity contribution in [3.05, 3.63) is 58.2 Å². The van der Waals surface area contributed by atoms with E-state index in [1.165, 1.54) is 11.9 Å². The van der Waals surface area contributed by atoms with Gasteiger partial charge in [-0.15, -0.1) is 0 Å². The number of hydrogen-bond donors (Lipinski definition) is 4. The van der Waals surface area contributed by atoms with E-state index in [0.29, 0.717) is 18.5 Å². The second-order valence-corrected chi connectivity index (χ2v) is 14.5. The van der Waals surface area contributed by atoms with Gasteiger partial charge in [0, 0.05) is 29.6 Å². The molecule has 1 aliphatic rings. The highest BCUT2D eigenvalue weighted by molar-refractivity contribution is 6.67. The summed E-state index contributed by atoms with van der Waals surface area (Å²) in [5.41, 5.74) is 11.8. The Hall–Kier alpha value is -3.65. The second kappa shape index (κ2) is 17.1. The van der Waals surface area contributed by atoms with Crippen molar-refractivity contribution in [3.63, 3.8) is 0 Å². The second-order valence-electron chi connectivity index (χ2n) is 12.0. The van der Waals surface area contributed by atoms with Crippen LogP contribution < -0.4 is 16.1 Å². The zero-order valence-corrected chi connectivity index (χ0v) is 29.2. The number of benzene rings is 1. The third-order valence-electron chi connectivity index (χ3n) is 7.55. The minimum absolute atomic E-state index is 0.0285. The molecule has 4 N–H and O–H groups in total. The van der Waals surface area contributed by atoms with Crippen molar-refractivity contribution < 1.29 is 29.0 Å². The number of carbonyl (C=O) groups is 4. The van der Waals surface area contributed by atoms with Gasteiger partial charge in [0.1, 0.15) is 24.7 Å². The van der Waals surface area contributed by atoms with Crippen LogP contribution in [-0.4, -0.2) is 80.4 Å². The highest BCUT2D eigenvalue weighted by Crippen LogP contribution is 2.26. The first kappa shape index (κ1) is 38.8. The average Bonchev–Trinajstić information content (AvgIpc) is 3.04. The predicted octanol–water partition coefficient (Wildman–Crippen LogP) is 4.43. The molecule has 0 spiro atoms. The van der Waals surface area contributed by atoms with E-state index in [4.69, 9.17) is 45.1 Å². The molecule has 1 fully saturated rings. The number of hydrazine groups is 1. The Kier molecular flexibility index (Phi) is 13.9. The summed E-state index contributed by atoms with van der Waals surface area (Å²) in [7, 11) is 0. The zero-order valence-electron chi connectivity index (χ0n) is 27.0. The third-order valence-corrected chi connectivity index (χ3v) is 7.88. The average molecular weight is 726 g/mol. The number of nitrogens with zero attached hydrogens (tertiary/aromatic N) is 5. The van der Waals surface area contributed by atoms with Gasteiger partial charge in [-0.25, -0.2) is 5.43 Å². The summed E-state index contributed by atoms with van der Waals surface area (Å²) in [5, 5.41) is 21.7. The molecule has 0 bridgehead atoms. The molecule has 260 valence electrons. The number of azide groups is 1. The summed E-state index contributed by atoms with van der Waals surface area (Å²) in [6, 6.07) is 4.36. The minimum Gasteiger partial charge on any atom is -0.460 e. The van der Waals surface area contributed by atoms with Crippen molar-refractivity contribution in [1.82, 2.24) is 26.1 Å². The molecule has 17 heteroatoms. The summed E-state index contributed by atoms with van der Waals surface area (Å²) >= 11 is 16.9. The van der Waals surface area contributed by atoms with E-state index in [9.17, 15) is 24.3 Å². The number of aliphatic hydroxyl groups is 1. The summed E-state index contributed by atoms with van der Waals surface area (Å²) in [4.78, 5) is 59.5. The molecule has 0 saturated carbocycles. The number of aliphatic hydroxyl groups excluding tert-OH is 1. The van der Waals surface area contributed by atoms with Gasteiger partial charge in [0.2, 0.25) is 15.6 Å². The number of esters is 1. The SMILES string of the molecule is C[C@H](NC(=O)[C@H](CCN=[N+]=[N-])NC(=O)C(C)(C)C=Cc1cc2cc([C@@H](C)O)ccc2cn1)C(=O)N1CCCC(C(=O)OCC(Cl)(Cl)Cl)N1. The first-order chi connectivity index (χ1) is 22.5. The number of amides is 3. The number of carbonyl (C=O) groups excluding carboxylic acids is 4. The lowest BCUT2D eigenvalue weighted by Crippen LogP contribution is -2.60. The molecule has 2 heterocycles. The van der Waals surface area contributed by atoms with Gasteiger partial charge in [-0.3, -0.25) is 29.2 Å². The molecular formula is C31H39Cl3N8O6. The van der Waals surface area contributed by atoms with Crippen molar-refractivity contribution in [3.8, 4) is 0 Å². The van der Waals surface area contributed by atoms with Gasteiger partial charge in [0.15, 0.2) is 0 Å². The fourth-order valence-electron chi connectivity index (χ4n) is 4.72. The van der Waals surface area contributed by atoms with E-state index in [2.05, 4.69) is 31.1 Å². The standard InChI is InChI=1S/C31H39Cl3N8O6/c1-18(27(45)42-13-5-6-25(40-42)28(46)48-17-31(32,33)34)38-26(44)24(10-12-37-41-35)39-29(47)30(3,4)11-9-23-15-22-14-20(19(2)43)7-8-21(22)16-36-23/h7-9,11,14-16,18-19,24-25,40,43H,5-6,10,12-13,17H2,1-4H3,(H,38,44)(H,39,47)/t18-,19+,24-,25?/m0/s1. The first-order valence-corrected chi connectivity index (χ1v) is 16.3. The van der Waals surface area contributed by atoms with E-state index in [0.717, 1.165) is 16.3 Å². The van der Waals surface area contributed by atoms with Gasteiger partial charge < -0.3 is 20.5 Å². The molecule has 0 aliphatic carbocycles. The molecule has 1 aromatic heterocycles. The van der Waals surface area contributed by atoms with Gasteiger partial charge >= 0.3 is 5.97 Å². The molecule has 1 saturated heterocycles. The Labute approximate surface area is 293 Å². The topological polar surface area (TPSA) is 199 Å². The quantitative estimate of drug-likeness (QED) is 0.0764. The lowest BCUT2D eigenvalue weighted by Gasteiger charge is -2.34. The van der Waals surface area contributed by atoms with Gasteiger partial charge in [-0.2, -0.15) is 0 Å². The maximum absolute atomic E-state index is 13.4. The van der Waals surface area contributed by atoms with Gasteiger partial charge in [0.05, 0.1) is 17.2 Å². The van der Waals surface area contributed by atoms with E-state index < -0.39 is 63.7 Å². The highest BCUT2D eigenvalue weighted by Gasteiger charge is 2.34. The Bertz CT molecular complexity index is 1580. The fourth-order valence-corrected chi connectivity index (χ4v) is 4.88. The largest absolute Gasteiger partial charge is 0.460 e. The Morgan fingerprint density at radius 2 is 1.94 bits per heavy atom. The van der Waals surface area contributed by atoms with Gasteiger partial charge in [-0.05, 0) is 81.6 Å². The number of halogens is 3. The monoisotopic (exact) mass is 724 g/mol. The van der Waals surface area contributed by atoms with Gasteiger partial charge in [-0.1, -0.05) is 58.1 Å². The van der Waals surface area contributed by atoms with Crippen LogP contribution in [0.15, 0.2) is 41.7 Å². The Morgan fingerprint density at radius 3 is 2.60 bits per heavy atom. The van der Waals surface area contributed by atoms with Crippen molar-refractivity contribution in [2.75, 3.05) is 19.7 Å². The molecule has 14 nitrogen and oxygen atoms in total. The van der Waals surface area contributed by atoms with E-state index in [1.807, 2.05) is 24.3 Å². The lowest BCUT2D eigenvalue weighted by atomic mass is 9.90. The van der Waals surface area contributed by atoms with E-state index in [1.54, 1.807) is 39.1 Å². The molecule has 48 heavy (non-hydrogen) atoms. The van der Waals surface area contributed by atoms with E-state index >= 15 is 0 Å². The number of alkyl halides is 3. The summed E-state index contributed by atoms with van der Waals surface area (Å²) < 4.78 is 3.23. The molecular weight excluding hydrogens is 687 g/mol. The molecule has 0 radical (unpaired) electrons. The lowest BCUT2D eigenvalue weighted by molar-refractivity contribution is -0.152. The minimum atomic E-state index is -1.78. The maximum atomic E-state index is 13.4. The molecule has 3 amide bonds. The zero-order chi connectivity index (χ0) is 35.6. The summed E-state index contributed by atoms with van der Waals surface area (Å²) in [6.07, 6.45) is 5.24. The van der Waals surface area contributed by atoms with Crippen LogP contribution >= 0.6 is 34.8 Å². The van der Waals surface area contributed by atoms with Crippen molar-refractivity contribution in [1.29, 1.82) is 0 Å². The van der Waals surface area contributed by atoms with Crippen LogP contribution in [0.2, 0.25) is 0 Å². The summed E-state index contributed by atoms with van der Waals surface area (Å²) in [5.74, 6) is -2.40. The van der Waals surface area contributed by atoms with Crippen molar-refractivity contribution >= 4 is 75.3 Å².